The first-order valence-corrected chi connectivity index (χ1v) is 7.08. The van der Waals surface area contributed by atoms with Crippen molar-refractivity contribution in [1.82, 2.24) is 5.32 Å². The van der Waals surface area contributed by atoms with E-state index in [1.807, 2.05) is 6.07 Å². The first kappa shape index (κ1) is 13.2. The number of benzene rings is 1. The van der Waals surface area contributed by atoms with Crippen LogP contribution in [0.4, 0.5) is 10.5 Å². The van der Waals surface area contributed by atoms with Crippen molar-refractivity contribution in [2.75, 3.05) is 24.6 Å². The van der Waals surface area contributed by atoms with Crippen LogP contribution in [0.1, 0.15) is 19.8 Å². The Morgan fingerprint density at radius 1 is 1.35 bits per heavy atom. The largest absolute Gasteiger partial charge is 0.506 e. The van der Waals surface area contributed by atoms with Crippen LogP contribution in [-0.2, 0) is 4.74 Å². The molecule has 2 aliphatic heterocycles. The zero-order valence-corrected chi connectivity index (χ0v) is 11.6. The molecule has 2 N–H and O–H groups in total. The van der Waals surface area contributed by atoms with Crippen LogP contribution in [0.15, 0.2) is 24.3 Å². The number of piperidine rings is 1. The van der Waals surface area contributed by atoms with Gasteiger partial charge in [-0.3, -0.25) is 4.90 Å². The van der Waals surface area contributed by atoms with Crippen molar-refractivity contribution < 1.29 is 14.6 Å². The maximum absolute atomic E-state index is 12.2. The third kappa shape index (κ3) is 2.02. The number of anilines is 1. The number of nitrogens with zero attached hydrogens (tertiary/aromatic N) is 1. The average Bonchev–Trinajstić information content (AvgIpc) is 2.78. The normalized spacial score (nSPS) is 27.6. The van der Waals surface area contributed by atoms with Crippen molar-refractivity contribution in [3.05, 3.63) is 24.3 Å². The number of hydrogen-bond donors (Lipinski definition) is 2. The fourth-order valence-electron chi connectivity index (χ4n) is 3.32. The molecular formula is C15H20N2O3. The van der Waals surface area contributed by atoms with Crippen molar-refractivity contribution in [2.24, 2.45) is 5.92 Å². The van der Waals surface area contributed by atoms with Gasteiger partial charge in [0.25, 0.3) is 0 Å². The Hall–Kier alpha value is -1.75. The van der Waals surface area contributed by atoms with Gasteiger partial charge in [-0.25, -0.2) is 4.79 Å². The third-order valence-electron chi connectivity index (χ3n) is 4.52. The lowest BCUT2D eigenvalue weighted by atomic mass is 9.79. The number of carbonyl (C=O) groups excluding carboxylic acids is 1. The maximum atomic E-state index is 12.2. The van der Waals surface area contributed by atoms with Gasteiger partial charge in [0.05, 0.1) is 11.2 Å². The Labute approximate surface area is 118 Å². The molecule has 0 saturated carbocycles. The summed E-state index contributed by atoms with van der Waals surface area (Å²) in [5.41, 5.74) is 0.147. The number of aromatic hydroxyl groups is 1. The molecule has 0 aromatic heterocycles. The fourth-order valence-corrected chi connectivity index (χ4v) is 3.32. The molecule has 2 heterocycles. The van der Waals surface area contributed by atoms with Crippen molar-refractivity contribution in [3.8, 4) is 5.75 Å². The molecule has 0 radical (unpaired) electrons. The number of rotatable bonds is 2. The third-order valence-corrected chi connectivity index (χ3v) is 4.52. The van der Waals surface area contributed by atoms with Crippen LogP contribution in [0.5, 0.6) is 5.75 Å². The standard InChI is InChI=1S/C15H20N2O3/c1-15(11-6-8-16-9-7-11)10-20-14(19)17(15)12-4-2-3-5-13(12)18/h2-5,11,16,18H,6-10H2,1H3. The second kappa shape index (κ2) is 4.98. The van der Waals surface area contributed by atoms with Gasteiger partial charge in [0.1, 0.15) is 12.4 Å². The minimum absolute atomic E-state index is 0.117. The highest BCUT2D eigenvalue weighted by Gasteiger charge is 2.50. The molecule has 1 aromatic carbocycles. The lowest BCUT2D eigenvalue weighted by Crippen LogP contribution is -2.53. The Bertz CT molecular complexity index is 514. The van der Waals surface area contributed by atoms with Gasteiger partial charge in [-0.2, -0.15) is 0 Å². The quantitative estimate of drug-likeness (QED) is 0.868. The van der Waals surface area contributed by atoms with Crippen LogP contribution in [0.2, 0.25) is 0 Å². The van der Waals surface area contributed by atoms with E-state index in [0.717, 1.165) is 25.9 Å². The van der Waals surface area contributed by atoms with Gasteiger partial charge >= 0.3 is 6.09 Å². The van der Waals surface area contributed by atoms with Crippen LogP contribution in [0.3, 0.4) is 0 Å². The molecule has 0 aliphatic carbocycles. The molecule has 0 bridgehead atoms. The fraction of sp³-hybridized carbons (Fsp3) is 0.533. The summed E-state index contributed by atoms with van der Waals surface area (Å²) in [6.07, 6.45) is 1.65. The average molecular weight is 276 g/mol. The molecule has 2 aliphatic rings. The Morgan fingerprint density at radius 3 is 2.75 bits per heavy atom. The van der Waals surface area contributed by atoms with Crippen LogP contribution >= 0.6 is 0 Å². The first-order valence-electron chi connectivity index (χ1n) is 7.08. The highest BCUT2D eigenvalue weighted by Crippen LogP contribution is 2.42. The molecule has 5 heteroatoms. The van der Waals surface area contributed by atoms with E-state index < -0.39 is 5.54 Å². The molecule has 2 fully saturated rings. The van der Waals surface area contributed by atoms with Gasteiger partial charge in [0.15, 0.2) is 0 Å². The van der Waals surface area contributed by atoms with E-state index in [2.05, 4.69) is 12.2 Å². The first-order chi connectivity index (χ1) is 9.63. The number of phenols is 1. The van der Waals surface area contributed by atoms with Crippen LogP contribution < -0.4 is 10.2 Å². The van der Waals surface area contributed by atoms with E-state index in [-0.39, 0.29) is 11.8 Å². The van der Waals surface area contributed by atoms with Gasteiger partial charge < -0.3 is 15.2 Å². The van der Waals surface area contributed by atoms with Crippen molar-refractivity contribution in [1.29, 1.82) is 0 Å². The van der Waals surface area contributed by atoms with Crippen molar-refractivity contribution >= 4 is 11.8 Å². The van der Waals surface area contributed by atoms with Crippen LogP contribution in [-0.4, -0.2) is 36.4 Å². The van der Waals surface area contributed by atoms with E-state index in [9.17, 15) is 9.90 Å². The molecule has 3 rings (SSSR count). The summed E-state index contributed by atoms with van der Waals surface area (Å²) >= 11 is 0. The smallest absolute Gasteiger partial charge is 0.415 e. The summed E-state index contributed by atoms with van der Waals surface area (Å²) in [6.45, 7) is 4.36. The highest BCUT2D eigenvalue weighted by atomic mass is 16.6. The van der Waals surface area contributed by atoms with Gasteiger partial charge in [0, 0.05) is 0 Å². The molecule has 1 aromatic rings. The Balaban J connectivity index is 1.97. The lowest BCUT2D eigenvalue weighted by Gasteiger charge is -2.41. The minimum Gasteiger partial charge on any atom is -0.506 e. The van der Waals surface area contributed by atoms with E-state index >= 15 is 0 Å². The number of carbonyl (C=O) groups is 1. The molecule has 1 atom stereocenters. The van der Waals surface area contributed by atoms with Crippen molar-refractivity contribution in [3.63, 3.8) is 0 Å². The molecule has 20 heavy (non-hydrogen) atoms. The van der Waals surface area contributed by atoms with Gasteiger partial charge in [-0.15, -0.1) is 0 Å². The predicted octanol–water partition coefficient (Wildman–Crippen LogP) is 2.11. The Morgan fingerprint density at radius 2 is 2.05 bits per heavy atom. The topological polar surface area (TPSA) is 61.8 Å². The monoisotopic (exact) mass is 276 g/mol. The second-order valence-corrected chi connectivity index (χ2v) is 5.76. The summed E-state index contributed by atoms with van der Waals surface area (Å²) in [5.74, 6) is 0.487. The van der Waals surface area contributed by atoms with E-state index in [1.165, 1.54) is 0 Å². The molecule has 108 valence electrons. The van der Waals surface area contributed by atoms with Gasteiger partial charge in [-0.05, 0) is 50.9 Å². The second-order valence-electron chi connectivity index (χ2n) is 5.76. The number of cyclic esters (lactones) is 1. The van der Waals surface area contributed by atoms with Gasteiger partial charge in [-0.1, -0.05) is 12.1 Å². The Kier molecular flexibility index (Phi) is 3.30. The maximum Gasteiger partial charge on any atom is 0.415 e. The lowest BCUT2D eigenvalue weighted by molar-refractivity contribution is 0.156. The van der Waals surface area contributed by atoms with Crippen LogP contribution in [0, 0.1) is 5.92 Å². The summed E-state index contributed by atoms with van der Waals surface area (Å²) in [7, 11) is 0. The number of phenolic OH excluding ortho intramolecular Hbond substituents is 1. The summed E-state index contributed by atoms with van der Waals surface area (Å²) in [5, 5.41) is 13.4. The molecule has 1 amide bonds. The van der Waals surface area contributed by atoms with Gasteiger partial charge in [0.2, 0.25) is 0 Å². The molecule has 5 nitrogen and oxygen atoms in total. The van der Waals surface area contributed by atoms with E-state index in [4.69, 9.17) is 4.74 Å². The number of amides is 1. The predicted molar refractivity (Wildman–Crippen MR) is 75.9 cm³/mol. The van der Waals surface area contributed by atoms with E-state index in [0.29, 0.717) is 18.2 Å². The summed E-state index contributed by atoms with van der Waals surface area (Å²) in [6, 6.07) is 6.94. The molecule has 0 spiro atoms. The molecule has 1 unspecified atom stereocenters. The number of nitrogens with one attached hydrogen (secondary N) is 1. The molecule has 2 saturated heterocycles. The van der Waals surface area contributed by atoms with E-state index in [1.54, 1.807) is 23.1 Å². The van der Waals surface area contributed by atoms with Crippen LogP contribution in [0.25, 0.3) is 0 Å². The summed E-state index contributed by atoms with van der Waals surface area (Å²) in [4.78, 5) is 13.8. The SMILES string of the molecule is CC1(C2CCNCC2)COC(=O)N1c1ccccc1O. The number of hydrogen-bond acceptors (Lipinski definition) is 4. The summed E-state index contributed by atoms with van der Waals surface area (Å²) < 4.78 is 5.30. The minimum atomic E-state index is -0.391. The zero-order chi connectivity index (χ0) is 14.2. The highest BCUT2D eigenvalue weighted by molar-refractivity contribution is 5.93. The van der Waals surface area contributed by atoms with Crippen molar-refractivity contribution in [2.45, 2.75) is 25.3 Å². The number of ether oxygens (including phenoxy) is 1. The zero-order valence-electron chi connectivity index (χ0n) is 11.6. The molecular weight excluding hydrogens is 256 g/mol. The number of para-hydroxylation sites is 2.